The first-order valence-electron chi connectivity index (χ1n) is 4.24. The molecule has 0 spiro atoms. The molecule has 0 radical (unpaired) electrons. The van der Waals surface area contributed by atoms with Crippen LogP contribution < -0.4 is 0 Å². The molecule has 0 unspecified atom stereocenters. The normalized spacial score (nSPS) is 10.5. The fourth-order valence-corrected chi connectivity index (χ4v) is 1.94. The average Bonchev–Trinajstić information content (AvgIpc) is 2.51. The van der Waals surface area contributed by atoms with Crippen LogP contribution in [-0.2, 0) is 0 Å². The second-order valence-electron chi connectivity index (χ2n) is 3.08. The minimum Gasteiger partial charge on any atom is -0.334 e. The largest absolute Gasteiger partial charge is 0.334 e. The van der Waals surface area contributed by atoms with Crippen molar-refractivity contribution in [2.75, 3.05) is 0 Å². The molecule has 2 aromatic rings. The maximum Gasteiger partial charge on any atom is 0.259 e. The minimum atomic E-state index is 0.562. The van der Waals surface area contributed by atoms with Gasteiger partial charge in [-0.05, 0) is 41.4 Å². The summed E-state index contributed by atoms with van der Waals surface area (Å²) in [6, 6.07) is 5.95. The van der Waals surface area contributed by atoms with Crippen molar-refractivity contribution in [2.24, 2.45) is 0 Å². The van der Waals surface area contributed by atoms with Crippen molar-refractivity contribution in [2.45, 2.75) is 13.8 Å². The Bertz CT molecular complexity index is 445. The number of benzene rings is 1. The molecule has 0 N–H and O–H groups in total. The van der Waals surface area contributed by atoms with Gasteiger partial charge >= 0.3 is 0 Å². The van der Waals surface area contributed by atoms with E-state index < -0.39 is 0 Å². The van der Waals surface area contributed by atoms with Gasteiger partial charge in [-0.25, -0.2) is 0 Å². The summed E-state index contributed by atoms with van der Waals surface area (Å²) in [5, 5.41) is 3.77. The second kappa shape index (κ2) is 3.53. The van der Waals surface area contributed by atoms with Crippen molar-refractivity contribution in [1.82, 2.24) is 10.1 Å². The Morgan fingerprint density at radius 2 is 2.07 bits per heavy atom. The van der Waals surface area contributed by atoms with Crippen LogP contribution in [0.4, 0.5) is 0 Å². The van der Waals surface area contributed by atoms with Gasteiger partial charge in [0.2, 0.25) is 0 Å². The summed E-state index contributed by atoms with van der Waals surface area (Å²) in [5.74, 6) is 1.21. The number of aryl methyl sites for hydroxylation is 2. The SMILES string of the molecule is Cc1noc(-c2c(C)cccc2Br)n1. The molecule has 0 aliphatic carbocycles. The Balaban J connectivity index is 2.61. The average molecular weight is 253 g/mol. The van der Waals surface area contributed by atoms with Crippen molar-refractivity contribution in [1.29, 1.82) is 0 Å². The predicted octanol–water partition coefficient (Wildman–Crippen LogP) is 3.12. The molecule has 1 aromatic heterocycles. The van der Waals surface area contributed by atoms with Gasteiger partial charge in [0.25, 0.3) is 5.89 Å². The monoisotopic (exact) mass is 252 g/mol. The van der Waals surface area contributed by atoms with Gasteiger partial charge in [0.15, 0.2) is 5.82 Å². The summed E-state index contributed by atoms with van der Waals surface area (Å²) in [4.78, 5) is 4.19. The number of rotatable bonds is 1. The van der Waals surface area contributed by atoms with Gasteiger partial charge in [-0.1, -0.05) is 17.3 Å². The van der Waals surface area contributed by atoms with E-state index in [2.05, 4.69) is 26.1 Å². The fraction of sp³-hybridized carbons (Fsp3) is 0.200. The maximum atomic E-state index is 5.12. The first-order chi connectivity index (χ1) is 6.68. The Morgan fingerprint density at radius 3 is 2.64 bits per heavy atom. The van der Waals surface area contributed by atoms with Crippen LogP contribution in [0.5, 0.6) is 0 Å². The first kappa shape index (κ1) is 9.40. The van der Waals surface area contributed by atoms with Gasteiger partial charge in [-0.2, -0.15) is 4.98 Å². The zero-order valence-corrected chi connectivity index (χ0v) is 9.50. The van der Waals surface area contributed by atoms with Gasteiger partial charge in [0.05, 0.1) is 5.56 Å². The summed E-state index contributed by atoms with van der Waals surface area (Å²) in [6.07, 6.45) is 0. The number of halogens is 1. The van der Waals surface area contributed by atoms with E-state index in [1.165, 1.54) is 0 Å². The van der Waals surface area contributed by atoms with Crippen LogP contribution in [0.2, 0.25) is 0 Å². The molecular formula is C10H9BrN2O. The van der Waals surface area contributed by atoms with E-state index in [0.29, 0.717) is 11.7 Å². The van der Waals surface area contributed by atoms with E-state index in [1.54, 1.807) is 6.92 Å². The summed E-state index contributed by atoms with van der Waals surface area (Å²) in [7, 11) is 0. The minimum absolute atomic E-state index is 0.562. The van der Waals surface area contributed by atoms with E-state index in [9.17, 15) is 0 Å². The summed E-state index contributed by atoms with van der Waals surface area (Å²) in [5.41, 5.74) is 2.08. The third-order valence-electron chi connectivity index (χ3n) is 1.96. The summed E-state index contributed by atoms with van der Waals surface area (Å²) >= 11 is 3.47. The van der Waals surface area contributed by atoms with Crippen LogP contribution in [0.15, 0.2) is 27.2 Å². The highest BCUT2D eigenvalue weighted by molar-refractivity contribution is 9.10. The third-order valence-corrected chi connectivity index (χ3v) is 2.62. The van der Waals surface area contributed by atoms with Gasteiger partial charge in [0, 0.05) is 4.47 Å². The molecule has 3 nitrogen and oxygen atoms in total. The smallest absolute Gasteiger partial charge is 0.259 e. The Morgan fingerprint density at radius 1 is 1.29 bits per heavy atom. The Hall–Kier alpha value is -1.16. The lowest BCUT2D eigenvalue weighted by Gasteiger charge is -2.02. The molecule has 14 heavy (non-hydrogen) atoms. The molecule has 1 aromatic carbocycles. The molecule has 0 atom stereocenters. The topological polar surface area (TPSA) is 38.9 Å². The highest BCUT2D eigenvalue weighted by Crippen LogP contribution is 2.29. The lowest BCUT2D eigenvalue weighted by Crippen LogP contribution is -1.84. The van der Waals surface area contributed by atoms with Gasteiger partial charge in [0.1, 0.15) is 0 Å². The zero-order chi connectivity index (χ0) is 10.1. The van der Waals surface area contributed by atoms with Crippen LogP contribution in [0.3, 0.4) is 0 Å². The molecule has 0 saturated carbocycles. The molecule has 0 saturated heterocycles. The van der Waals surface area contributed by atoms with Crippen molar-refractivity contribution in [3.8, 4) is 11.5 Å². The van der Waals surface area contributed by atoms with E-state index in [-0.39, 0.29) is 0 Å². The molecule has 0 bridgehead atoms. The molecule has 0 amide bonds. The van der Waals surface area contributed by atoms with Crippen LogP contribution in [0, 0.1) is 13.8 Å². The fourth-order valence-electron chi connectivity index (χ4n) is 1.30. The van der Waals surface area contributed by atoms with Crippen molar-refractivity contribution >= 4 is 15.9 Å². The van der Waals surface area contributed by atoms with Crippen LogP contribution in [-0.4, -0.2) is 10.1 Å². The van der Waals surface area contributed by atoms with Crippen LogP contribution in [0.25, 0.3) is 11.5 Å². The van der Waals surface area contributed by atoms with E-state index in [1.807, 2.05) is 25.1 Å². The van der Waals surface area contributed by atoms with E-state index in [0.717, 1.165) is 15.6 Å². The van der Waals surface area contributed by atoms with Gasteiger partial charge < -0.3 is 4.52 Å². The molecule has 0 aliphatic rings. The van der Waals surface area contributed by atoms with E-state index >= 15 is 0 Å². The first-order valence-corrected chi connectivity index (χ1v) is 5.03. The summed E-state index contributed by atoms with van der Waals surface area (Å²) < 4.78 is 6.09. The molecule has 2 rings (SSSR count). The highest BCUT2D eigenvalue weighted by Gasteiger charge is 2.12. The van der Waals surface area contributed by atoms with E-state index in [4.69, 9.17) is 4.52 Å². The highest BCUT2D eigenvalue weighted by atomic mass is 79.9. The standard InChI is InChI=1S/C10H9BrN2O/c1-6-4-3-5-8(11)9(6)10-12-7(2)13-14-10/h3-5H,1-2H3. The third kappa shape index (κ3) is 1.57. The molecular weight excluding hydrogens is 244 g/mol. The molecule has 72 valence electrons. The number of hydrogen-bond acceptors (Lipinski definition) is 3. The number of nitrogens with zero attached hydrogens (tertiary/aromatic N) is 2. The van der Waals surface area contributed by atoms with Gasteiger partial charge in [-0.3, -0.25) is 0 Å². The molecule has 4 heteroatoms. The maximum absolute atomic E-state index is 5.12. The quantitative estimate of drug-likeness (QED) is 0.783. The molecule has 1 heterocycles. The lowest BCUT2D eigenvalue weighted by atomic mass is 10.1. The van der Waals surface area contributed by atoms with Crippen molar-refractivity contribution in [3.05, 3.63) is 34.1 Å². The Labute approximate surface area is 90.3 Å². The lowest BCUT2D eigenvalue weighted by molar-refractivity contribution is 0.425. The summed E-state index contributed by atoms with van der Waals surface area (Å²) in [6.45, 7) is 3.82. The van der Waals surface area contributed by atoms with Crippen molar-refractivity contribution in [3.63, 3.8) is 0 Å². The number of hydrogen-bond donors (Lipinski definition) is 0. The Kier molecular flexibility index (Phi) is 2.37. The molecule has 0 fully saturated rings. The van der Waals surface area contributed by atoms with Gasteiger partial charge in [-0.15, -0.1) is 0 Å². The zero-order valence-electron chi connectivity index (χ0n) is 7.91. The van der Waals surface area contributed by atoms with Crippen LogP contribution in [0.1, 0.15) is 11.4 Å². The second-order valence-corrected chi connectivity index (χ2v) is 3.93. The van der Waals surface area contributed by atoms with Crippen LogP contribution >= 0.6 is 15.9 Å². The van der Waals surface area contributed by atoms with Crippen molar-refractivity contribution < 1.29 is 4.52 Å². The predicted molar refractivity (Wildman–Crippen MR) is 56.9 cm³/mol. The molecule has 0 aliphatic heterocycles. The number of aromatic nitrogens is 2.